The van der Waals surface area contributed by atoms with Gasteiger partial charge in [-0.1, -0.05) is 23.7 Å². The van der Waals surface area contributed by atoms with Crippen molar-refractivity contribution < 1.29 is 18.6 Å². The number of hydrogen-bond donors (Lipinski definition) is 2. The van der Waals surface area contributed by atoms with Crippen LogP contribution in [0.25, 0.3) is 0 Å². The molecule has 6 nitrogen and oxygen atoms in total. The largest absolute Gasteiger partial charge is 0.755 e. The van der Waals surface area contributed by atoms with Crippen LogP contribution in [0.5, 0.6) is 5.75 Å². The van der Waals surface area contributed by atoms with E-state index in [1.165, 1.54) is 7.05 Å². The van der Waals surface area contributed by atoms with Gasteiger partial charge < -0.3 is 24.0 Å². The second-order valence-electron chi connectivity index (χ2n) is 6.55. The number of benzene rings is 2. The fourth-order valence-electron chi connectivity index (χ4n) is 2.41. The van der Waals surface area contributed by atoms with Gasteiger partial charge in [-0.3, -0.25) is 4.21 Å². The highest BCUT2D eigenvalue weighted by atomic mass is 35.5. The molecular weight excluding hydrogens is 388 g/mol. The summed E-state index contributed by atoms with van der Waals surface area (Å²) in [5, 5.41) is 14.4. The van der Waals surface area contributed by atoms with Gasteiger partial charge in [-0.25, -0.2) is 0 Å². The van der Waals surface area contributed by atoms with E-state index in [9.17, 15) is 13.9 Å². The highest BCUT2D eigenvalue weighted by molar-refractivity contribution is 7.80. The lowest BCUT2D eigenvalue weighted by atomic mass is 10.1. The maximum absolute atomic E-state index is 10.9. The minimum Gasteiger partial charge on any atom is -0.755 e. The van der Waals surface area contributed by atoms with Gasteiger partial charge in [0.25, 0.3) is 0 Å². The Bertz CT molecular complexity index is 756. The molecule has 2 aromatic rings. The number of aliphatic hydroxyl groups is 1. The predicted molar refractivity (Wildman–Crippen MR) is 108 cm³/mol. The Morgan fingerprint density at radius 1 is 1.30 bits per heavy atom. The van der Waals surface area contributed by atoms with Crippen LogP contribution in [-0.4, -0.2) is 46.2 Å². The van der Waals surface area contributed by atoms with Gasteiger partial charge in [0.15, 0.2) is 0 Å². The Hall–Kier alpha value is -1.64. The van der Waals surface area contributed by atoms with Gasteiger partial charge >= 0.3 is 0 Å². The van der Waals surface area contributed by atoms with Gasteiger partial charge in [0.1, 0.15) is 18.0 Å². The summed E-state index contributed by atoms with van der Waals surface area (Å²) < 4.78 is 28.6. The normalized spacial score (nSPS) is 14.4. The van der Waals surface area contributed by atoms with Crippen LogP contribution in [0.3, 0.4) is 0 Å². The number of ether oxygens (including phenoxy) is 1. The second-order valence-corrected chi connectivity index (χ2v) is 7.97. The number of anilines is 1. The fraction of sp³-hybridized carbons (Fsp3) is 0.368. The minimum atomic E-state index is -2.32. The lowest BCUT2D eigenvalue weighted by Gasteiger charge is -2.24. The first kappa shape index (κ1) is 21.7. The van der Waals surface area contributed by atoms with E-state index in [-0.39, 0.29) is 6.61 Å². The molecule has 0 aliphatic rings. The number of nitrogens with zero attached hydrogens (tertiary/aromatic N) is 1. The van der Waals surface area contributed by atoms with Gasteiger partial charge in [0.2, 0.25) is 0 Å². The average Bonchev–Trinajstić information content (AvgIpc) is 2.63. The van der Waals surface area contributed by atoms with Crippen LogP contribution in [0.4, 0.5) is 5.69 Å². The molecular formula is C19H24ClN2O4S-. The lowest BCUT2D eigenvalue weighted by Crippen LogP contribution is -2.43. The first-order valence-corrected chi connectivity index (χ1v) is 9.91. The van der Waals surface area contributed by atoms with E-state index >= 15 is 0 Å². The van der Waals surface area contributed by atoms with Crippen molar-refractivity contribution in [2.75, 3.05) is 31.0 Å². The lowest BCUT2D eigenvalue weighted by molar-refractivity contribution is 0.0125. The first-order valence-electron chi connectivity index (χ1n) is 8.50. The molecule has 8 heteroatoms. The predicted octanol–water partition coefficient (Wildman–Crippen LogP) is 2.53. The molecule has 0 fully saturated rings. The zero-order valence-electron chi connectivity index (χ0n) is 15.4. The van der Waals surface area contributed by atoms with Gasteiger partial charge in [0, 0.05) is 35.6 Å². The molecule has 1 unspecified atom stereocenters. The number of nitrogens with one attached hydrogen (secondary N) is 1. The molecule has 148 valence electrons. The summed E-state index contributed by atoms with van der Waals surface area (Å²) in [6.07, 6.45) is 0.813. The van der Waals surface area contributed by atoms with Crippen molar-refractivity contribution in [1.82, 2.24) is 5.32 Å². The van der Waals surface area contributed by atoms with E-state index in [2.05, 4.69) is 5.32 Å². The zero-order valence-corrected chi connectivity index (χ0v) is 16.9. The van der Waals surface area contributed by atoms with Crippen LogP contribution < -0.4 is 14.4 Å². The highest BCUT2D eigenvalue weighted by Crippen LogP contribution is 2.20. The van der Waals surface area contributed by atoms with Crippen molar-refractivity contribution >= 4 is 28.6 Å². The third-order valence-electron chi connectivity index (χ3n) is 3.96. The average molecular weight is 412 g/mol. The van der Waals surface area contributed by atoms with Crippen molar-refractivity contribution in [2.45, 2.75) is 18.9 Å². The first-order chi connectivity index (χ1) is 12.8. The van der Waals surface area contributed by atoms with Gasteiger partial charge in [-0.2, -0.15) is 0 Å². The summed E-state index contributed by atoms with van der Waals surface area (Å²) in [7, 11) is 1.46. The molecule has 2 rings (SSSR count). The van der Waals surface area contributed by atoms with E-state index in [4.69, 9.17) is 16.3 Å². The molecule has 0 amide bonds. The van der Waals surface area contributed by atoms with Crippen molar-refractivity contribution in [3.05, 3.63) is 59.1 Å². The Kier molecular flexibility index (Phi) is 8.07. The molecule has 2 atom stereocenters. The Balaban J connectivity index is 1.74. The highest BCUT2D eigenvalue weighted by Gasteiger charge is 2.21. The van der Waals surface area contributed by atoms with Crippen molar-refractivity contribution in [3.8, 4) is 5.75 Å². The fourth-order valence-corrected chi connectivity index (χ4v) is 2.92. The van der Waals surface area contributed by atoms with Gasteiger partial charge in [-0.15, -0.1) is 0 Å². The Morgan fingerprint density at radius 2 is 2.00 bits per heavy atom. The van der Waals surface area contributed by atoms with E-state index in [1.807, 2.05) is 24.3 Å². The molecule has 0 aliphatic heterocycles. The molecule has 0 aromatic heterocycles. The van der Waals surface area contributed by atoms with Gasteiger partial charge in [-0.05, 0) is 61.9 Å². The minimum absolute atomic E-state index is 0.111. The van der Waals surface area contributed by atoms with Crippen LogP contribution in [0.2, 0.25) is 5.02 Å². The molecule has 0 saturated heterocycles. The SMILES string of the molecule is CN(c1ccc(OC[C@@](C)(O)CNCCc2cccc(Cl)c2)cc1)S(=O)[O-]. The van der Waals surface area contributed by atoms with Gasteiger partial charge in [0.05, 0.1) is 0 Å². The van der Waals surface area contributed by atoms with Crippen LogP contribution in [0.15, 0.2) is 48.5 Å². The van der Waals surface area contributed by atoms with Crippen LogP contribution in [0, 0.1) is 0 Å². The smallest absolute Gasteiger partial charge is 0.119 e. The molecule has 0 bridgehead atoms. The maximum atomic E-state index is 10.9. The third-order valence-corrected chi connectivity index (χ3v) is 4.85. The van der Waals surface area contributed by atoms with E-state index in [1.54, 1.807) is 31.2 Å². The van der Waals surface area contributed by atoms with Crippen molar-refractivity contribution in [2.24, 2.45) is 0 Å². The summed E-state index contributed by atoms with van der Waals surface area (Å²) in [5.74, 6) is 0.558. The topological polar surface area (TPSA) is 84.9 Å². The second kappa shape index (κ2) is 10.1. The van der Waals surface area contributed by atoms with Crippen LogP contribution in [-0.2, 0) is 17.7 Å². The molecule has 2 N–H and O–H groups in total. The summed E-state index contributed by atoms with van der Waals surface area (Å²) in [6, 6.07) is 14.3. The van der Waals surface area contributed by atoms with E-state index in [0.717, 1.165) is 16.3 Å². The third kappa shape index (κ3) is 7.48. The molecule has 27 heavy (non-hydrogen) atoms. The van der Waals surface area contributed by atoms with Crippen molar-refractivity contribution in [1.29, 1.82) is 0 Å². The number of halogens is 1. The molecule has 0 saturated carbocycles. The summed E-state index contributed by atoms with van der Waals surface area (Å²) >= 11 is 3.64. The molecule has 2 aromatic carbocycles. The molecule has 0 radical (unpaired) electrons. The summed E-state index contributed by atoms with van der Waals surface area (Å²) in [4.78, 5) is 0. The van der Waals surface area contributed by atoms with E-state index in [0.29, 0.717) is 29.5 Å². The molecule has 0 aliphatic carbocycles. The quantitative estimate of drug-likeness (QED) is 0.463. The summed E-state index contributed by atoms with van der Waals surface area (Å²) in [6.45, 7) is 2.90. The zero-order chi connectivity index (χ0) is 19.9. The standard InChI is InChI=1S/C19H25ClN2O4S/c1-19(23,13-21-11-10-15-4-3-5-16(20)12-15)14-26-18-8-6-17(7-9-18)22(2)27(24)25/h3-9,12,21,23H,10-11,13-14H2,1-2H3,(H,24,25)/p-1/t19-/m0/s1. The number of rotatable bonds is 10. The number of hydrogen-bond acceptors (Lipinski definition) is 5. The Morgan fingerprint density at radius 3 is 2.63 bits per heavy atom. The summed E-state index contributed by atoms with van der Waals surface area (Å²) in [5.41, 5.74) is 0.625. The van der Waals surface area contributed by atoms with Crippen molar-refractivity contribution in [3.63, 3.8) is 0 Å². The molecule has 0 heterocycles. The Labute approximate surface area is 167 Å². The van der Waals surface area contributed by atoms with Crippen LogP contribution in [0.1, 0.15) is 12.5 Å². The maximum Gasteiger partial charge on any atom is 0.119 e. The van der Waals surface area contributed by atoms with Crippen LogP contribution >= 0.6 is 11.6 Å². The van der Waals surface area contributed by atoms with E-state index < -0.39 is 16.9 Å². The molecule has 0 spiro atoms. The monoisotopic (exact) mass is 411 g/mol.